The number of hydrogen-bond donors (Lipinski definition) is 1. The first-order chi connectivity index (χ1) is 10.2. The van der Waals surface area contributed by atoms with Gasteiger partial charge in [0, 0.05) is 11.3 Å². The van der Waals surface area contributed by atoms with Gasteiger partial charge in [-0.05, 0) is 25.5 Å². The predicted molar refractivity (Wildman–Crippen MR) is 80.9 cm³/mol. The zero-order chi connectivity index (χ0) is 14.8. The lowest BCUT2D eigenvalue weighted by Gasteiger charge is -2.06. The van der Waals surface area contributed by atoms with Crippen LogP contribution in [0, 0.1) is 6.92 Å². The highest BCUT2D eigenvalue weighted by Gasteiger charge is 2.12. The van der Waals surface area contributed by atoms with Gasteiger partial charge in [-0.15, -0.1) is 5.10 Å². The Kier molecular flexibility index (Phi) is 3.35. The van der Waals surface area contributed by atoms with Crippen molar-refractivity contribution in [3.63, 3.8) is 0 Å². The van der Waals surface area contributed by atoms with E-state index in [1.807, 2.05) is 44.2 Å². The number of para-hydroxylation sites is 1. The van der Waals surface area contributed by atoms with Gasteiger partial charge >= 0.3 is 0 Å². The maximum atomic E-state index is 5.98. The normalized spacial score (nSPS) is 10.8. The molecule has 0 unspecified atom stereocenters. The van der Waals surface area contributed by atoms with E-state index < -0.39 is 0 Å². The zero-order valence-corrected chi connectivity index (χ0v) is 12.0. The van der Waals surface area contributed by atoms with Crippen molar-refractivity contribution < 1.29 is 0 Å². The average Bonchev–Trinajstić information content (AvgIpc) is 2.97. The van der Waals surface area contributed by atoms with E-state index >= 15 is 0 Å². The Morgan fingerprint density at radius 3 is 2.57 bits per heavy atom. The molecule has 0 amide bonds. The van der Waals surface area contributed by atoms with Crippen molar-refractivity contribution in [1.82, 2.24) is 25.0 Å². The third-order valence-corrected chi connectivity index (χ3v) is 3.31. The lowest BCUT2D eigenvalue weighted by molar-refractivity contribution is 0.752. The molecule has 0 saturated carbocycles. The van der Waals surface area contributed by atoms with Crippen LogP contribution >= 0.6 is 0 Å². The zero-order valence-electron chi connectivity index (χ0n) is 12.0. The van der Waals surface area contributed by atoms with Crippen molar-refractivity contribution in [2.75, 3.05) is 5.73 Å². The monoisotopic (exact) mass is 280 g/mol. The van der Waals surface area contributed by atoms with Crippen LogP contribution in [0.5, 0.6) is 0 Å². The number of rotatable bonds is 3. The van der Waals surface area contributed by atoms with Crippen molar-refractivity contribution in [2.45, 2.75) is 20.3 Å². The molecule has 0 fully saturated rings. The van der Waals surface area contributed by atoms with Crippen molar-refractivity contribution in [2.24, 2.45) is 0 Å². The number of aromatic nitrogens is 5. The van der Waals surface area contributed by atoms with Crippen LogP contribution in [-0.2, 0) is 6.42 Å². The minimum atomic E-state index is 0.504. The first-order valence-corrected chi connectivity index (χ1v) is 6.80. The summed E-state index contributed by atoms with van der Waals surface area (Å²) in [5, 5.41) is 8.66. The molecule has 0 aliphatic carbocycles. The summed E-state index contributed by atoms with van der Waals surface area (Å²) in [7, 11) is 0. The van der Waals surface area contributed by atoms with Crippen molar-refractivity contribution in [3.05, 3.63) is 47.8 Å². The second kappa shape index (κ2) is 5.32. The Hall–Kier alpha value is -2.76. The van der Waals surface area contributed by atoms with E-state index in [0.717, 1.165) is 23.4 Å². The summed E-state index contributed by atoms with van der Waals surface area (Å²) >= 11 is 0. The molecule has 2 N–H and O–H groups in total. The summed E-state index contributed by atoms with van der Waals surface area (Å²) in [6, 6.07) is 9.69. The highest BCUT2D eigenvalue weighted by atomic mass is 15.5. The number of aryl methyl sites for hydroxylation is 1. The van der Waals surface area contributed by atoms with Gasteiger partial charge < -0.3 is 5.73 Å². The highest BCUT2D eigenvalue weighted by Crippen LogP contribution is 2.19. The standard InChI is InChI=1S/C15H16N6/c1-3-12-10(2)18-15(19-14(12)16)13-9-17-21(20-13)11-7-5-4-6-8-11/h4-9H,3H2,1-2H3,(H2,16,18,19). The Bertz CT molecular complexity index is 740. The molecule has 0 aliphatic rings. The lowest BCUT2D eigenvalue weighted by atomic mass is 10.1. The molecule has 1 aromatic carbocycles. The number of anilines is 1. The molecule has 0 spiro atoms. The molecule has 0 aliphatic heterocycles. The van der Waals surface area contributed by atoms with Gasteiger partial charge in [-0.1, -0.05) is 25.1 Å². The van der Waals surface area contributed by atoms with E-state index in [-0.39, 0.29) is 0 Å². The first-order valence-electron chi connectivity index (χ1n) is 6.80. The number of hydrogen-bond acceptors (Lipinski definition) is 5. The maximum absolute atomic E-state index is 5.98. The van der Waals surface area contributed by atoms with Gasteiger partial charge in [0.1, 0.15) is 5.82 Å². The van der Waals surface area contributed by atoms with E-state index in [1.165, 1.54) is 0 Å². The average molecular weight is 280 g/mol. The summed E-state index contributed by atoms with van der Waals surface area (Å²) in [6.07, 6.45) is 2.46. The van der Waals surface area contributed by atoms with Gasteiger partial charge in [-0.25, -0.2) is 9.97 Å². The van der Waals surface area contributed by atoms with E-state index in [0.29, 0.717) is 17.3 Å². The van der Waals surface area contributed by atoms with Gasteiger partial charge in [-0.2, -0.15) is 9.90 Å². The van der Waals surface area contributed by atoms with Gasteiger partial charge in [0.15, 0.2) is 11.5 Å². The topological polar surface area (TPSA) is 82.5 Å². The van der Waals surface area contributed by atoms with Crippen molar-refractivity contribution in [1.29, 1.82) is 0 Å². The molecule has 21 heavy (non-hydrogen) atoms. The van der Waals surface area contributed by atoms with E-state index in [1.54, 1.807) is 11.0 Å². The van der Waals surface area contributed by atoms with E-state index in [2.05, 4.69) is 20.2 Å². The third-order valence-electron chi connectivity index (χ3n) is 3.31. The molecule has 2 aromatic heterocycles. The minimum absolute atomic E-state index is 0.504. The van der Waals surface area contributed by atoms with Crippen molar-refractivity contribution in [3.8, 4) is 17.2 Å². The van der Waals surface area contributed by atoms with Gasteiger partial charge in [0.05, 0.1) is 11.9 Å². The van der Waals surface area contributed by atoms with Crippen LogP contribution in [0.1, 0.15) is 18.2 Å². The minimum Gasteiger partial charge on any atom is -0.383 e. The Balaban J connectivity index is 2.01. The number of nitrogens with two attached hydrogens (primary N) is 1. The molecule has 3 rings (SSSR count). The van der Waals surface area contributed by atoms with E-state index in [4.69, 9.17) is 5.73 Å². The summed E-state index contributed by atoms with van der Waals surface area (Å²) < 4.78 is 0. The fourth-order valence-corrected chi connectivity index (χ4v) is 2.22. The molecule has 0 saturated heterocycles. The molecule has 2 heterocycles. The summed E-state index contributed by atoms with van der Waals surface area (Å²) in [6.45, 7) is 3.97. The van der Waals surface area contributed by atoms with Crippen LogP contribution < -0.4 is 5.73 Å². The number of benzene rings is 1. The molecule has 0 bridgehead atoms. The molecule has 106 valence electrons. The summed E-state index contributed by atoms with van der Waals surface area (Å²) in [4.78, 5) is 10.4. The molecular weight excluding hydrogens is 264 g/mol. The van der Waals surface area contributed by atoms with Crippen LogP contribution in [0.4, 0.5) is 5.82 Å². The fourth-order valence-electron chi connectivity index (χ4n) is 2.22. The van der Waals surface area contributed by atoms with Crippen LogP contribution in [0.2, 0.25) is 0 Å². The second-order valence-corrected chi connectivity index (χ2v) is 4.70. The van der Waals surface area contributed by atoms with Gasteiger partial charge in [0.25, 0.3) is 0 Å². The molecule has 0 radical (unpaired) electrons. The van der Waals surface area contributed by atoms with Gasteiger partial charge in [-0.3, -0.25) is 0 Å². The molecule has 6 nitrogen and oxygen atoms in total. The fraction of sp³-hybridized carbons (Fsp3) is 0.200. The lowest BCUT2D eigenvalue weighted by Crippen LogP contribution is -2.05. The van der Waals surface area contributed by atoms with E-state index in [9.17, 15) is 0 Å². The Labute approximate surface area is 122 Å². The third kappa shape index (κ3) is 2.47. The largest absolute Gasteiger partial charge is 0.383 e. The van der Waals surface area contributed by atoms with Gasteiger partial charge in [0.2, 0.25) is 0 Å². The first kappa shape index (κ1) is 13.2. The smallest absolute Gasteiger partial charge is 0.184 e. The molecule has 6 heteroatoms. The number of nitrogens with zero attached hydrogens (tertiary/aromatic N) is 5. The van der Waals surface area contributed by atoms with Crippen molar-refractivity contribution >= 4 is 5.82 Å². The molecule has 3 aromatic rings. The SMILES string of the molecule is CCc1c(C)nc(-c2cnn(-c3ccccc3)n2)nc1N. The Morgan fingerprint density at radius 2 is 1.90 bits per heavy atom. The summed E-state index contributed by atoms with van der Waals surface area (Å²) in [5.74, 6) is 1.01. The molecule has 0 atom stereocenters. The van der Waals surface area contributed by atoms with Crippen LogP contribution in [0.25, 0.3) is 17.2 Å². The van der Waals surface area contributed by atoms with Crippen LogP contribution in [0.15, 0.2) is 36.5 Å². The summed E-state index contributed by atoms with van der Waals surface area (Å²) in [5.41, 5.74) is 9.34. The van der Waals surface area contributed by atoms with Crippen LogP contribution in [-0.4, -0.2) is 25.0 Å². The maximum Gasteiger partial charge on any atom is 0.184 e. The number of nitrogen functional groups attached to an aromatic ring is 1. The predicted octanol–water partition coefficient (Wildman–Crippen LogP) is 2.18. The molecular formula is C15H16N6. The second-order valence-electron chi connectivity index (χ2n) is 4.70. The quantitative estimate of drug-likeness (QED) is 0.795. The highest BCUT2D eigenvalue weighted by molar-refractivity contribution is 5.54. The Morgan fingerprint density at radius 1 is 1.14 bits per heavy atom. The van der Waals surface area contributed by atoms with Crippen LogP contribution in [0.3, 0.4) is 0 Å².